The molecule has 3 aromatic carbocycles. The van der Waals surface area contributed by atoms with Crippen molar-refractivity contribution in [3.63, 3.8) is 0 Å². The lowest BCUT2D eigenvalue weighted by Crippen LogP contribution is -2.48. The van der Waals surface area contributed by atoms with Crippen LogP contribution < -0.4 is 20.9 Å². The Hall–Kier alpha value is -6.10. The second-order valence-corrected chi connectivity index (χ2v) is 10.0. The zero-order valence-corrected chi connectivity index (χ0v) is 23.8. The van der Waals surface area contributed by atoms with Crippen molar-refractivity contribution < 1.29 is 29.0 Å². The molecule has 0 radical (unpaired) electrons. The predicted molar refractivity (Wildman–Crippen MR) is 166 cm³/mol. The monoisotopic (exact) mass is 604 g/mol. The van der Waals surface area contributed by atoms with E-state index in [-0.39, 0.29) is 11.4 Å². The van der Waals surface area contributed by atoms with Gasteiger partial charge in [0.05, 0.1) is 12.1 Å². The molecule has 5 rings (SSSR count). The van der Waals surface area contributed by atoms with Crippen molar-refractivity contribution in [3.8, 4) is 5.75 Å². The Balaban J connectivity index is 1.41. The van der Waals surface area contributed by atoms with Gasteiger partial charge in [0.15, 0.2) is 11.8 Å². The number of pyridine rings is 2. The van der Waals surface area contributed by atoms with Crippen molar-refractivity contribution >= 4 is 40.0 Å². The molecule has 0 bridgehead atoms. The van der Waals surface area contributed by atoms with Crippen LogP contribution in [-0.4, -0.2) is 50.9 Å². The molecule has 2 heterocycles. The summed E-state index contributed by atoms with van der Waals surface area (Å²) in [6.07, 6.45) is 2.06. The first-order valence-electron chi connectivity index (χ1n) is 13.9. The summed E-state index contributed by atoms with van der Waals surface area (Å²) < 4.78 is 6.54. The largest absolute Gasteiger partial charge is 0.486 e. The summed E-state index contributed by atoms with van der Waals surface area (Å²) in [4.78, 5) is 69.4. The molecule has 2 aromatic heterocycles. The number of rotatable bonds is 12. The SMILES string of the molecule is O=C(O)C[C@H](NC(=O)C(c1ccccn1)n1cccc(NC(=O)c2ccc3ccccc3c2)c1=O)C(=O)COc1ccccc1. The van der Waals surface area contributed by atoms with E-state index in [1.165, 1.54) is 30.6 Å². The van der Waals surface area contributed by atoms with Gasteiger partial charge in [-0.3, -0.25) is 33.5 Å². The second kappa shape index (κ2) is 13.9. The van der Waals surface area contributed by atoms with E-state index in [9.17, 15) is 29.1 Å². The fourth-order valence-corrected chi connectivity index (χ4v) is 4.72. The van der Waals surface area contributed by atoms with Gasteiger partial charge in [-0.2, -0.15) is 0 Å². The number of ketones is 1. The molecule has 45 heavy (non-hydrogen) atoms. The minimum atomic E-state index is -1.46. The third-order valence-corrected chi connectivity index (χ3v) is 6.94. The van der Waals surface area contributed by atoms with E-state index in [1.807, 2.05) is 24.3 Å². The number of nitrogens with one attached hydrogen (secondary N) is 2. The number of para-hydroxylation sites is 1. The first kappa shape index (κ1) is 30.4. The number of hydrogen-bond acceptors (Lipinski definition) is 7. The van der Waals surface area contributed by atoms with Crippen LogP contribution in [0.3, 0.4) is 0 Å². The maximum atomic E-state index is 13.8. The van der Waals surface area contributed by atoms with Crippen molar-refractivity contribution in [2.75, 3.05) is 11.9 Å². The van der Waals surface area contributed by atoms with Crippen LogP contribution in [0.2, 0.25) is 0 Å². The average molecular weight is 605 g/mol. The summed E-state index contributed by atoms with van der Waals surface area (Å²) >= 11 is 0. The van der Waals surface area contributed by atoms with Crippen molar-refractivity contribution in [2.24, 2.45) is 0 Å². The van der Waals surface area contributed by atoms with Gasteiger partial charge < -0.3 is 20.5 Å². The number of carboxylic acid groups (broad SMARTS) is 1. The molecule has 0 saturated heterocycles. The molecule has 3 N–H and O–H groups in total. The number of carboxylic acids is 1. The van der Waals surface area contributed by atoms with Gasteiger partial charge in [-0.1, -0.05) is 54.6 Å². The van der Waals surface area contributed by atoms with E-state index >= 15 is 0 Å². The first-order chi connectivity index (χ1) is 21.8. The molecule has 1 unspecified atom stereocenters. The summed E-state index contributed by atoms with van der Waals surface area (Å²) in [5.74, 6) is -2.99. The molecule has 2 atom stereocenters. The number of fused-ring (bicyclic) bond motifs is 1. The minimum Gasteiger partial charge on any atom is -0.486 e. The van der Waals surface area contributed by atoms with E-state index in [0.29, 0.717) is 11.3 Å². The minimum absolute atomic E-state index is 0.0983. The van der Waals surface area contributed by atoms with E-state index in [4.69, 9.17) is 4.74 Å². The summed E-state index contributed by atoms with van der Waals surface area (Å²) in [5, 5.41) is 16.4. The second-order valence-electron chi connectivity index (χ2n) is 10.0. The lowest BCUT2D eigenvalue weighted by molar-refractivity contribution is -0.140. The first-order valence-corrected chi connectivity index (χ1v) is 13.9. The van der Waals surface area contributed by atoms with Crippen molar-refractivity contribution in [1.82, 2.24) is 14.9 Å². The van der Waals surface area contributed by atoms with Crippen molar-refractivity contribution in [2.45, 2.75) is 18.5 Å². The van der Waals surface area contributed by atoms with Gasteiger partial charge in [0.1, 0.15) is 24.1 Å². The Morgan fingerprint density at radius 3 is 2.31 bits per heavy atom. The van der Waals surface area contributed by atoms with E-state index in [2.05, 4.69) is 15.6 Å². The molecule has 11 nitrogen and oxygen atoms in total. The highest BCUT2D eigenvalue weighted by Gasteiger charge is 2.31. The molecule has 11 heteroatoms. The number of aromatic nitrogens is 2. The van der Waals surface area contributed by atoms with Crippen LogP contribution in [-0.2, 0) is 14.4 Å². The molecule has 226 valence electrons. The molecule has 0 aliphatic heterocycles. The van der Waals surface area contributed by atoms with Crippen LogP contribution in [0.25, 0.3) is 10.8 Å². The van der Waals surface area contributed by atoms with Crippen molar-refractivity contribution in [3.05, 3.63) is 137 Å². The molecule has 2 amide bonds. The highest BCUT2D eigenvalue weighted by Crippen LogP contribution is 2.19. The average Bonchev–Trinajstić information content (AvgIpc) is 3.05. The number of benzene rings is 3. The number of carbonyl (C=O) groups is 4. The van der Waals surface area contributed by atoms with Gasteiger partial charge >= 0.3 is 5.97 Å². The number of ether oxygens (including phenoxy) is 1. The van der Waals surface area contributed by atoms with Gasteiger partial charge in [-0.15, -0.1) is 0 Å². The van der Waals surface area contributed by atoms with E-state index in [0.717, 1.165) is 15.3 Å². The van der Waals surface area contributed by atoms with Gasteiger partial charge in [-0.25, -0.2) is 0 Å². The number of aliphatic carboxylic acids is 1. The van der Waals surface area contributed by atoms with Gasteiger partial charge in [0.25, 0.3) is 11.5 Å². The zero-order chi connectivity index (χ0) is 31.8. The number of amides is 2. The Kier molecular flexibility index (Phi) is 9.39. The summed E-state index contributed by atoms with van der Waals surface area (Å²) in [5.41, 5.74) is -0.336. The summed E-state index contributed by atoms with van der Waals surface area (Å²) in [6, 6.07) is 25.9. The normalized spacial score (nSPS) is 12.1. The number of nitrogens with zero attached hydrogens (tertiary/aromatic N) is 2. The van der Waals surface area contributed by atoms with Crippen molar-refractivity contribution in [1.29, 1.82) is 0 Å². The number of carbonyl (C=O) groups excluding carboxylic acids is 3. The van der Waals surface area contributed by atoms with E-state index < -0.39 is 54.2 Å². The number of anilines is 1. The van der Waals surface area contributed by atoms with Crippen LogP contribution in [0, 0.1) is 0 Å². The Bertz CT molecular complexity index is 1910. The fraction of sp³-hybridized carbons (Fsp3) is 0.118. The molecule has 0 saturated carbocycles. The lowest BCUT2D eigenvalue weighted by Gasteiger charge is -2.23. The lowest BCUT2D eigenvalue weighted by atomic mass is 10.1. The third kappa shape index (κ3) is 7.46. The molecule has 0 fully saturated rings. The maximum absolute atomic E-state index is 13.8. The summed E-state index contributed by atoms with van der Waals surface area (Å²) in [6.45, 7) is -0.493. The highest BCUT2D eigenvalue weighted by atomic mass is 16.5. The topological polar surface area (TPSA) is 157 Å². The molecule has 0 spiro atoms. The molecular weight excluding hydrogens is 576 g/mol. The molecule has 0 aliphatic carbocycles. The van der Waals surface area contributed by atoms with Crippen LogP contribution in [0.1, 0.15) is 28.5 Å². The Morgan fingerprint density at radius 1 is 0.844 bits per heavy atom. The number of hydrogen-bond donors (Lipinski definition) is 3. The van der Waals surface area contributed by atoms with Crippen LogP contribution in [0.15, 0.2) is 120 Å². The quantitative estimate of drug-likeness (QED) is 0.194. The molecule has 0 aliphatic rings. The van der Waals surface area contributed by atoms with Gasteiger partial charge in [-0.05, 0) is 59.3 Å². The highest BCUT2D eigenvalue weighted by molar-refractivity contribution is 6.06. The van der Waals surface area contributed by atoms with Crippen LogP contribution in [0.5, 0.6) is 5.75 Å². The maximum Gasteiger partial charge on any atom is 0.305 e. The number of Topliss-reactive ketones (excluding diaryl/α,β-unsaturated/α-hetero) is 1. The smallest absolute Gasteiger partial charge is 0.305 e. The Morgan fingerprint density at radius 2 is 1.58 bits per heavy atom. The van der Waals surface area contributed by atoms with E-state index in [1.54, 1.807) is 60.7 Å². The Labute approximate surface area is 257 Å². The third-order valence-electron chi connectivity index (χ3n) is 6.94. The summed E-state index contributed by atoms with van der Waals surface area (Å²) in [7, 11) is 0. The standard InChI is InChI=1S/C34H28N4O7/c39-29(21-45-25-11-2-1-3-12-25)28(20-30(40)41)37-33(43)31(26-13-6-7-17-35-26)38-18-8-14-27(34(38)44)36-32(42)24-16-15-22-9-4-5-10-23(22)19-24/h1-19,28,31H,20-21H2,(H,36,42)(H,37,43)(H,40,41)/t28-,31?/m0/s1. The van der Waals surface area contributed by atoms with Crippen LogP contribution >= 0.6 is 0 Å². The molecular formula is C34H28N4O7. The van der Waals surface area contributed by atoms with Crippen LogP contribution in [0.4, 0.5) is 5.69 Å². The molecule has 5 aromatic rings. The van der Waals surface area contributed by atoms with Gasteiger partial charge in [0, 0.05) is 18.0 Å². The zero-order valence-electron chi connectivity index (χ0n) is 23.8. The predicted octanol–water partition coefficient (Wildman–Crippen LogP) is 3.85. The van der Waals surface area contributed by atoms with Gasteiger partial charge in [0.2, 0.25) is 5.91 Å². The fourth-order valence-electron chi connectivity index (χ4n) is 4.72.